The van der Waals surface area contributed by atoms with Gasteiger partial charge in [0.1, 0.15) is 10.5 Å². The lowest BCUT2D eigenvalue weighted by molar-refractivity contribution is 0.652. The van der Waals surface area contributed by atoms with Crippen LogP contribution in [0, 0.1) is 0 Å². The summed E-state index contributed by atoms with van der Waals surface area (Å²) in [5.74, 6) is 0.369. The van der Waals surface area contributed by atoms with E-state index in [1.165, 1.54) is 21.7 Å². The van der Waals surface area contributed by atoms with E-state index < -0.39 is 0 Å². The summed E-state index contributed by atoms with van der Waals surface area (Å²) in [6, 6.07) is 0. The van der Waals surface area contributed by atoms with Crippen molar-refractivity contribution in [1.82, 2.24) is 25.0 Å². The number of aromatic nitrogens is 5. The molecule has 6 nitrogen and oxygen atoms in total. The third-order valence-corrected chi connectivity index (χ3v) is 5.42. The molecule has 0 aromatic carbocycles. The maximum Gasteiger partial charge on any atom is 0.260 e. The molecular formula is C15H14ClN5OS. The number of fused-ring (bicyclic) bond motifs is 3. The summed E-state index contributed by atoms with van der Waals surface area (Å²) in [6.45, 7) is 0. The van der Waals surface area contributed by atoms with Gasteiger partial charge in [-0.2, -0.15) is 15.0 Å². The quantitative estimate of drug-likeness (QED) is 0.773. The lowest BCUT2D eigenvalue weighted by Crippen LogP contribution is -2.12. The summed E-state index contributed by atoms with van der Waals surface area (Å²) in [7, 11) is 1.73. The van der Waals surface area contributed by atoms with E-state index in [4.69, 9.17) is 11.6 Å². The Hall–Kier alpha value is -1.99. The smallest absolute Gasteiger partial charge is 0.260 e. The van der Waals surface area contributed by atoms with Gasteiger partial charge in [-0.25, -0.2) is 4.98 Å². The second-order valence-electron chi connectivity index (χ2n) is 5.56. The lowest BCUT2D eigenvalue weighted by atomic mass is 9.97. The molecule has 1 N–H and O–H groups in total. The van der Waals surface area contributed by atoms with Crippen LogP contribution in [0.4, 0.5) is 0 Å². The topological polar surface area (TPSA) is 76.5 Å². The number of aromatic amines is 1. The summed E-state index contributed by atoms with van der Waals surface area (Å²) < 4.78 is 0. The first-order chi connectivity index (χ1) is 11.1. The van der Waals surface area contributed by atoms with Crippen molar-refractivity contribution >= 4 is 44.3 Å². The molecule has 3 heterocycles. The third kappa shape index (κ3) is 2.60. The van der Waals surface area contributed by atoms with Gasteiger partial charge in [-0.1, -0.05) is 11.6 Å². The summed E-state index contributed by atoms with van der Waals surface area (Å²) in [5.41, 5.74) is 1.67. The Morgan fingerprint density at radius 1 is 1.43 bits per heavy atom. The van der Waals surface area contributed by atoms with Gasteiger partial charge >= 0.3 is 0 Å². The minimum atomic E-state index is -0.116. The van der Waals surface area contributed by atoms with Gasteiger partial charge in [0.2, 0.25) is 0 Å². The molecule has 3 aromatic heterocycles. The first-order valence-corrected chi connectivity index (χ1v) is 8.60. The molecule has 0 fully saturated rings. The monoisotopic (exact) mass is 347 g/mol. The molecule has 0 radical (unpaired) electrons. The van der Waals surface area contributed by atoms with Gasteiger partial charge in [-0.15, -0.1) is 11.3 Å². The second kappa shape index (κ2) is 5.58. The Morgan fingerprint density at radius 3 is 3.04 bits per heavy atom. The van der Waals surface area contributed by atoms with E-state index in [1.807, 2.05) is 0 Å². The summed E-state index contributed by atoms with van der Waals surface area (Å²) in [4.78, 5) is 23.3. The van der Waals surface area contributed by atoms with Crippen LogP contribution in [0.3, 0.4) is 0 Å². The fourth-order valence-corrected chi connectivity index (χ4v) is 4.37. The average Bonchev–Trinajstić information content (AvgIpc) is 3.10. The molecular weight excluding hydrogens is 334 g/mol. The minimum Gasteiger partial charge on any atom is -0.305 e. The minimum absolute atomic E-state index is 0.116. The van der Waals surface area contributed by atoms with Crippen molar-refractivity contribution in [3.63, 3.8) is 0 Å². The molecule has 23 heavy (non-hydrogen) atoms. The van der Waals surface area contributed by atoms with E-state index in [-0.39, 0.29) is 5.56 Å². The van der Waals surface area contributed by atoms with Gasteiger partial charge in [0.25, 0.3) is 5.56 Å². The fourth-order valence-electron chi connectivity index (χ4n) is 2.90. The summed E-state index contributed by atoms with van der Waals surface area (Å²) in [6.07, 6.45) is 7.55. The van der Waals surface area contributed by atoms with Crippen molar-refractivity contribution in [2.45, 2.75) is 25.7 Å². The van der Waals surface area contributed by atoms with Crippen LogP contribution in [-0.4, -0.2) is 25.0 Å². The zero-order valence-electron chi connectivity index (χ0n) is 12.5. The van der Waals surface area contributed by atoms with Gasteiger partial charge in [0.15, 0.2) is 5.82 Å². The SMILES string of the molecule is Cn1ncc(C=C(Cl)c2nc3sc4c(c3c(=O)[nH]2)CCCC4)n1. The van der Waals surface area contributed by atoms with Gasteiger partial charge in [-0.3, -0.25) is 4.79 Å². The van der Waals surface area contributed by atoms with Crippen LogP contribution in [-0.2, 0) is 19.9 Å². The molecule has 0 amide bonds. The molecule has 1 aliphatic rings. The highest BCUT2D eigenvalue weighted by Crippen LogP contribution is 2.34. The van der Waals surface area contributed by atoms with Crippen LogP contribution >= 0.6 is 22.9 Å². The number of thiophene rings is 1. The number of H-pyrrole nitrogens is 1. The zero-order valence-corrected chi connectivity index (χ0v) is 14.0. The number of halogens is 1. The van der Waals surface area contributed by atoms with Crippen LogP contribution in [0.15, 0.2) is 11.0 Å². The van der Waals surface area contributed by atoms with Crippen LogP contribution in [0.1, 0.15) is 34.8 Å². The maximum atomic E-state index is 12.5. The molecule has 4 rings (SSSR count). The number of aryl methyl sites for hydroxylation is 3. The predicted molar refractivity (Wildman–Crippen MR) is 91.6 cm³/mol. The molecule has 0 bridgehead atoms. The molecule has 8 heteroatoms. The largest absolute Gasteiger partial charge is 0.305 e. The number of nitrogens with one attached hydrogen (secondary N) is 1. The second-order valence-corrected chi connectivity index (χ2v) is 7.05. The molecule has 0 spiro atoms. The number of rotatable bonds is 2. The number of nitrogens with zero attached hydrogens (tertiary/aromatic N) is 4. The fraction of sp³-hybridized carbons (Fsp3) is 0.333. The molecule has 3 aromatic rings. The van der Waals surface area contributed by atoms with Gasteiger partial charge in [0, 0.05) is 11.9 Å². The van der Waals surface area contributed by atoms with Crippen LogP contribution in [0.25, 0.3) is 21.3 Å². The molecule has 0 atom stereocenters. The number of hydrogen-bond donors (Lipinski definition) is 1. The predicted octanol–water partition coefficient (Wildman–Crippen LogP) is 2.73. The Bertz CT molecular complexity index is 984. The van der Waals surface area contributed by atoms with E-state index in [9.17, 15) is 4.79 Å². The first kappa shape index (κ1) is 14.6. The van der Waals surface area contributed by atoms with E-state index in [0.29, 0.717) is 16.6 Å². The Labute approximate surface area is 140 Å². The van der Waals surface area contributed by atoms with Crippen molar-refractivity contribution in [3.05, 3.63) is 38.5 Å². The lowest BCUT2D eigenvalue weighted by Gasteiger charge is -2.09. The Morgan fingerprint density at radius 2 is 2.26 bits per heavy atom. The standard InChI is InChI=1S/C15H14ClN5OS/c1-21-17-7-8(20-21)6-10(16)13-18-14(22)12-9-4-2-3-5-11(9)23-15(12)19-13/h6-7H,2-5H2,1H3,(H,18,19,22). The van der Waals surface area contributed by atoms with Gasteiger partial charge in [-0.05, 0) is 37.3 Å². The Balaban J connectivity index is 1.82. The first-order valence-electron chi connectivity index (χ1n) is 7.40. The maximum absolute atomic E-state index is 12.5. The summed E-state index contributed by atoms with van der Waals surface area (Å²) >= 11 is 7.91. The van der Waals surface area contributed by atoms with E-state index >= 15 is 0 Å². The van der Waals surface area contributed by atoms with Gasteiger partial charge < -0.3 is 4.98 Å². The van der Waals surface area contributed by atoms with E-state index in [2.05, 4.69) is 20.2 Å². The molecule has 0 saturated carbocycles. The van der Waals surface area contributed by atoms with E-state index in [1.54, 1.807) is 30.7 Å². The highest BCUT2D eigenvalue weighted by atomic mass is 35.5. The molecule has 1 aliphatic carbocycles. The normalized spacial score (nSPS) is 15.1. The highest BCUT2D eigenvalue weighted by molar-refractivity contribution is 7.18. The van der Waals surface area contributed by atoms with Crippen molar-refractivity contribution in [2.24, 2.45) is 7.05 Å². The van der Waals surface area contributed by atoms with Gasteiger partial charge in [0.05, 0.1) is 16.6 Å². The Kier molecular flexibility index (Phi) is 3.54. The average molecular weight is 348 g/mol. The molecule has 0 saturated heterocycles. The summed E-state index contributed by atoms with van der Waals surface area (Å²) in [5, 5.41) is 9.21. The van der Waals surface area contributed by atoms with E-state index in [0.717, 1.165) is 29.5 Å². The van der Waals surface area contributed by atoms with Crippen LogP contribution < -0.4 is 5.56 Å². The van der Waals surface area contributed by atoms with Crippen molar-refractivity contribution in [3.8, 4) is 0 Å². The van der Waals surface area contributed by atoms with Crippen molar-refractivity contribution < 1.29 is 0 Å². The molecule has 0 aliphatic heterocycles. The molecule has 118 valence electrons. The van der Waals surface area contributed by atoms with Crippen molar-refractivity contribution in [1.29, 1.82) is 0 Å². The third-order valence-electron chi connectivity index (χ3n) is 3.94. The molecule has 0 unspecified atom stereocenters. The van der Waals surface area contributed by atoms with Crippen LogP contribution in [0.5, 0.6) is 0 Å². The zero-order chi connectivity index (χ0) is 16.0. The number of hydrogen-bond acceptors (Lipinski definition) is 5. The van der Waals surface area contributed by atoms with Crippen molar-refractivity contribution in [2.75, 3.05) is 0 Å². The van der Waals surface area contributed by atoms with Crippen LogP contribution in [0.2, 0.25) is 0 Å². The highest BCUT2D eigenvalue weighted by Gasteiger charge is 2.20.